The number of nitrogens with two attached hydrogens (primary N) is 1. The van der Waals surface area contributed by atoms with E-state index in [1.54, 1.807) is 18.3 Å². The highest BCUT2D eigenvalue weighted by atomic mass is 35.5. The number of hydrogen-bond acceptors (Lipinski definition) is 6. The molecule has 3 N–H and O–H groups in total. The summed E-state index contributed by atoms with van der Waals surface area (Å²) >= 11 is 12.0. The quantitative estimate of drug-likeness (QED) is 0.385. The van der Waals surface area contributed by atoms with Gasteiger partial charge in [0, 0.05) is 31.3 Å². The fraction of sp³-hybridized carbons (Fsp3) is 0.333. The van der Waals surface area contributed by atoms with Crippen molar-refractivity contribution in [2.24, 2.45) is 5.73 Å². The molecule has 1 aromatic heterocycles. The van der Waals surface area contributed by atoms with E-state index in [4.69, 9.17) is 33.9 Å². The number of halogens is 2. The highest BCUT2D eigenvalue weighted by Gasteiger charge is 2.17. The van der Waals surface area contributed by atoms with Crippen LogP contribution in [0.5, 0.6) is 5.75 Å². The first-order valence-corrected chi connectivity index (χ1v) is 13.5. The average molecular weight is 523 g/mol. The van der Waals surface area contributed by atoms with Crippen molar-refractivity contribution in [2.75, 3.05) is 19.3 Å². The summed E-state index contributed by atoms with van der Waals surface area (Å²) in [4.78, 5) is 9.07. The van der Waals surface area contributed by atoms with Gasteiger partial charge in [0.25, 0.3) is 0 Å². The smallest absolute Gasteiger partial charge is 0.211 e. The lowest BCUT2D eigenvalue weighted by Crippen LogP contribution is -2.31. The van der Waals surface area contributed by atoms with Gasteiger partial charge in [0.1, 0.15) is 5.82 Å². The highest BCUT2D eigenvalue weighted by molar-refractivity contribution is 7.88. The number of sulfonamides is 1. The fourth-order valence-electron chi connectivity index (χ4n) is 3.56. The Labute approximate surface area is 210 Å². The van der Waals surface area contributed by atoms with E-state index >= 15 is 0 Å². The molecule has 0 atom stereocenters. The third-order valence-electron chi connectivity index (χ3n) is 5.31. The second kappa shape index (κ2) is 12.0. The van der Waals surface area contributed by atoms with Crippen LogP contribution < -0.4 is 5.73 Å². The molecule has 10 heteroatoms. The van der Waals surface area contributed by atoms with Crippen LogP contribution in [0, 0.1) is 0 Å². The van der Waals surface area contributed by atoms with Crippen molar-refractivity contribution in [2.45, 2.75) is 32.2 Å². The van der Waals surface area contributed by atoms with Crippen molar-refractivity contribution in [1.82, 2.24) is 14.3 Å². The predicted octanol–water partition coefficient (Wildman–Crippen LogP) is 4.44. The molecule has 1 heterocycles. The molecule has 0 amide bonds. The van der Waals surface area contributed by atoms with Crippen LogP contribution in [-0.4, -0.2) is 47.1 Å². The number of aromatic hydroxyl groups is 1. The Hall–Kier alpha value is -2.23. The summed E-state index contributed by atoms with van der Waals surface area (Å²) < 4.78 is 25.7. The molecule has 0 saturated heterocycles. The van der Waals surface area contributed by atoms with E-state index in [0.717, 1.165) is 28.8 Å². The maximum absolute atomic E-state index is 12.1. The number of nitrogens with zero attached hydrogens (tertiary/aromatic N) is 3. The molecule has 182 valence electrons. The molecule has 0 aliphatic heterocycles. The van der Waals surface area contributed by atoms with E-state index in [2.05, 4.69) is 4.98 Å². The number of benzene rings is 2. The van der Waals surface area contributed by atoms with Gasteiger partial charge < -0.3 is 10.8 Å². The minimum absolute atomic E-state index is 0.107. The Morgan fingerprint density at radius 2 is 1.76 bits per heavy atom. The zero-order valence-corrected chi connectivity index (χ0v) is 21.2. The van der Waals surface area contributed by atoms with E-state index < -0.39 is 10.0 Å². The van der Waals surface area contributed by atoms with Crippen LogP contribution in [-0.2, 0) is 29.4 Å². The Bertz CT molecular complexity index is 1220. The van der Waals surface area contributed by atoms with Crippen molar-refractivity contribution in [3.8, 4) is 17.0 Å². The summed E-state index contributed by atoms with van der Waals surface area (Å²) in [5.41, 5.74) is 9.03. The first kappa shape index (κ1) is 26.4. The van der Waals surface area contributed by atoms with Gasteiger partial charge >= 0.3 is 0 Å². The number of aryl methyl sites for hydroxylation is 2. The van der Waals surface area contributed by atoms with Gasteiger partial charge in [-0.25, -0.2) is 18.4 Å². The molecule has 0 unspecified atom stereocenters. The van der Waals surface area contributed by atoms with E-state index in [1.807, 2.05) is 30.3 Å². The second-order valence-electron chi connectivity index (χ2n) is 8.06. The van der Waals surface area contributed by atoms with Crippen LogP contribution in [0.15, 0.2) is 48.7 Å². The molecular formula is C24H28Cl2N4O3S. The van der Waals surface area contributed by atoms with Gasteiger partial charge in [0.15, 0.2) is 5.75 Å². The molecule has 0 spiro atoms. The molecule has 7 nitrogen and oxygen atoms in total. The van der Waals surface area contributed by atoms with Gasteiger partial charge in [0.05, 0.1) is 22.0 Å². The molecule has 0 fully saturated rings. The first-order chi connectivity index (χ1) is 16.2. The number of phenols is 1. The van der Waals surface area contributed by atoms with E-state index in [9.17, 15) is 13.5 Å². The third kappa shape index (κ3) is 7.38. The van der Waals surface area contributed by atoms with E-state index in [-0.39, 0.29) is 22.3 Å². The summed E-state index contributed by atoms with van der Waals surface area (Å²) in [6.45, 7) is 1.10. The minimum atomic E-state index is -3.34. The lowest BCUT2D eigenvalue weighted by Gasteiger charge is -2.20. The predicted molar refractivity (Wildman–Crippen MR) is 137 cm³/mol. The summed E-state index contributed by atoms with van der Waals surface area (Å²) in [6.07, 6.45) is 5.69. The number of hydrogen-bond donors (Lipinski definition) is 2. The normalized spacial score (nSPS) is 11.8. The topological polar surface area (TPSA) is 109 Å². The van der Waals surface area contributed by atoms with Crippen molar-refractivity contribution in [1.29, 1.82) is 0 Å². The lowest BCUT2D eigenvalue weighted by atomic mass is 10.1. The van der Waals surface area contributed by atoms with Crippen molar-refractivity contribution >= 4 is 33.2 Å². The van der Waals surface area contributed by atoms with Crippen LogP contribution in [0.3, 0.4) is 0 Å². The fourth-order valence-corrected chi connectivity index (χ4v) is 4.93. The Balaban J connectivity index is 1.69. The third-order valence-corrected chi connectivity index (χ3v) is 7.14. The second-order valence-corrected chi connectivity index (χ2v) is 10.9. The Kier molecular flexibility index (Phi) is 9.27. The van der Waals surface area contributed by atoms with Crippen molar-refractivity contribution < 1.29 is 13.5 Å². The number of aromatic nitrogens is 2. The van der Waals surface area contributed by atoms with E-state index in [1.165, 1.54) is 10.6 Å². The summed E-state index contributed by atoms with van der Waals surface area (Å²) in [7, 11) is -3.34. The number of phenolic OH excluding ortho intramolecular Hbond substituents is 1. The largest absolute Gasteiger partial charge is 0.505 e. The molecule has 34 heavy (non-hydrogen) atoms. The monoisotopic (exact) mass is 522 g/mol. The van der Waals surface area contributed by atoms with Crippen LogP contribution in [0.25, 0.3) is 11.3 Å². The van der Waals surface area contributed by atoms with Gasteiger partial charge in [-0.15, -0.1) is 0 Å². The first-order valence-electron chi connectivity index (χ1n) is 10.9. The van der Waals surface area contributed by atoms with E-state index in [0.29, 0.717) is 38.2 Å². The van der Waals surface area contributed by atoms with Gasteiger partial charge in [-0.1, -0.05) is 41.4 Å². The lowest BCUT2D eigenvalue weighted by molar-refractivity contribution is 0.405. The Morgan fingerprint density at radius 3 is 2.44 bits per heavy atom. The SMILES string of the molecule is CS(=O)(=O)N(CCCN)Cc1cccc(-c2ccnc(CCCc3cc(Cl)c(O)c(Cl)c3)n2)c1. The van der Waals surface area contributed by atoms with Crippen LogP contribution in [0.1, 0.15) is 29.8 Å². The summed E-state index contributed by atoms with van der Waals surface area (Å²) in [5, 5.41) is 10.2. The van der Waals surface area contributed by atoms with Crippen molar-refractivity contribution in [3.05, 3.63) is 75.7 Å². The van der Waals surface area contributed by atoms with Crippen molar-refractivity contribution in [3.63, 3.8) is 0 Å². The molecule has 0 aliphatic rings. The van der Waals surface area contributed by atoms with Crippen LogP contribution in [0.2, 0.25) is 10.0 Å². The molecule has 0 radical (unpaired) electrons. The zero-order valence-electron chi connectivity index (χ0n) is 18.9. The summed E-state index contributed by atoms with van der Waals surface area (Å²) in [6, 6.07) is 12.9. The van der Waals surface area contributed by atoms with Crippen LogP contribution in [0.4, 0.5) is 0 Å². The maximum atomic E-state index is 12.1. The molecular weight excluding hydrogens is 495 g/mol. The van der Waals surface area contributed by atoms with Gasteiger partial charge in [-0.05, 0) is 61.2 Å². The molecule has 3 rings (SSSR count). The molecule has 0 aliphatic carbocycles. The number of rotatable bonds is 11. The van der Waals surface area contributed by atoms with Crippen LogP contribution >= 0.6 is 23.2 Å². The minimum Gasteiger partial charge on any atom is -0.505 e. The van der Waals surface area contributed by atoms with Gasteiger partial charge in [-0.3, -0.25) is 0 Å². The zero-order chi connectivity index (χ0) is 24.7. The Morgan fingerprint density at radius 1 is 1.03 bits per heavy atom. The maximum Gasteiger partial charge on any atom is 0.211 e. The highest BCUT2D eigenvalue weighted by Crippen LogP contribution is 2.33. The average Bonchev–Trinajstić information content (AvgIpc) is 2.80. The molecule has 3 aromatic rings. The molecule has 2 aromatic carbocycles. The molecule has 0 bridgehead atoms. The van der Waals surface area contributed by atoms with Gasteiger partial charge in [-0.2, -0.15) is 4.31 Å². The summed E-state index contributed by atoms with van der Waals surface area (Å²) in [5.74, 6) is 0.601. The van der Waals surface area contributed by atoms with Gasteiger partial charge in [0.2, 0.25) is 10.0 Å². The standard InChI is InChI=1S/C24H28Cl2N4O3S/c1-34(32,33)30(12-4-10-27)16-18-6-2-7-19(13-18)22-9-11-28-23(29-22)8-3-5-17-14-20(25)24(31)21(26)15-17/h2,6-7,9,11,13-15,31H,3-5,8,10,12,16,27H2,1H3. The molecule has 0 saturated carbocycles.